The molecule has 1 atom stereocenters. The van der Waals surface area contributed by atoms with E-state index in [0.717, 1.165) is 5.56 Å². The zero-order valence-corrected chi connectivity index (χ0v) is 22.7. The largest absolute Gasteiger partial charge is 0.480 e. The Labute approximate surface area is 235 Å². The van der Waals surface area contributed by atoms with Crippen LogP contribution in [0.1, 0.15) is 15.9 Å². The lowest BCUT2D eigenvalue weighted by atomic mass is 10.1. The lowest BCUT2D eigenvalue weighted by Gasteiger charge is -2.15. The number of aromatic nitrogens is 2. The number of carbonyl (C=O) groups is 5. The molecule has 0 aliphatic heterocycles. The topological polar surface area (TPSA) is 198 Å². The third-order valence-electron chi connectivity index (χ3n) is 5.02. The van der Waals surface area contributed by atoms with Gasteiger partial charge in [-0.1, -0.05) is 42.1 Å². The molecular weight excluding hydrogens is 544 g/mol. The Hall–Kier alpha value is -4.08. The van der Waals surface area contributed by atoms with Crippen molar-refractivity contribution < 1.29 is 38.6 Å². The summed E-state index contributed by atoms with van der Waals surface area (Å²) in [5, 5.41) is 19.6. The molecule has 1 aromatic carbocycles. The molecule has 0 bridgehead atoms. The van der Waals surface area contributed by atoms with Gasteiger partial charge >= 0.3 is 5.97 Å². The fourth-order valence-electron chi connectivity index (χ4n) is 3.03. The minimum Gasteiger partial charge on any atom is -0.480 e. The molecule has 0 saturated carbocycles. The molecule has 1 heterocycles. The van der Waals surface area contributed by atoms with Crippen LogP contribution in [0.5, 0.6) is 0 Å². The number of carboxylic acids is 1. The molecule has 0 fully saturated rings. The van der Waals surface area contributed by atoms with Crippen LogP contribution in [0.15, 0.2) is 47.9 Å². The molecule has 5 N–H and O–H groups in total. The highest BCUT2D eigenvalue weighted by atomic mass is 32.2. The Kier molecular flexibility index (Phi) is 14.7. The lowest BCUT2D eigenvalue weighted by molar-refractivity contribution is -0.141. The summed E-state index contributed by atoms with van der Waals surface area (Å²) in [6.45, 7) is -0.335. The zero-order chi connectivity index (χ0) is 29.2. The normalized spacial score (nSPS) is 11.2. The Balaban J connectivity index is 1.49. The van der Waals surface area contributed by atoms with Crippen LogP contribution in [-0.4, -0.2) is 103 Å². The van der Waals surface area contributed by atoms with Crippen LogP contribution >= 0.6 is 11.8 Å². The van der Waals surface area contributed by atoms with Crippen LogP contribution in [0.4, 0.5) is 0 Å². The molecular formula is C25H32N6O8S. The van der Waals surface area contributed by atoms with Gasteiger partial charge in [0.1, 0.15) is 12.6 Å². The molecule has 216 valence electrons. The van der Waals surface area contributed by atoms with Crippen LogP contribution < -0.4 is 21.3 Å². The predicted molar refractivity (Wildman–Crippen MR) is 144 cm³/mol. The van der Waals surface area contributed by atoms with E-state index in [1.54, 1.807) is 30.3 Å². The van der Waals surface area contributed by atoms with E-state index < -0.39 is 36.3 Å². The second-order valence-corrected chi connectivity index (χ2v) is 8.85. The Morgan fingerprint density at radius 2 is 1.52 bits per heavy atom. The molecule has 0 aliphatic carbocycles. The second kappa shape index (κ2) is 18.3. The molecule has 2 aromatic rings. The van der Waals surface area contributed by atoms with Crippen LogP contribution in [0.3, 0.4) is 0 Å². The number of aliphatic carboxylic acids is 1. The molecule has 0 spiro atoms. The summed E-state index contributed by atoms with van der Waals surface area (Å²) in [6, 6.07) is 7.66. The summed E-state index contributed by atoms with van der Waals surface area (Å²) in [4.78, 5) is 67.2. The van der Waals surface area contributed by atoms with Crippen molar-refractivity contribution in [1.29, 1.82) is 0 Å². The molecule has 14 nitrogen and oxygen atoms in total. The molecule has 4 amide bonds. The second-order valence-electron chi connectivity index (χ2n) is 8.08. The van der Waals surface area contributed by atoms with E-state index in [1.165, 1.54) is 24.2 Å². The molecule has 0 unspecified atom stereocenters. The number of amides is 4. The standard InChI is InChI=1S/C25H32N6O8S/c1-40-25-29-12-18(13-30-25)23(35)26-7-8-38-9-10-39-16-22(34)28-14-20(32)27-15-21(33)31-19(24(36)37)11-17-5-3-2-4-6-17/h2-6,12-13,19H,7-11,14-16H2,1H3,(H,26,35)(H,27,32)(H,28,34)(H,31,33)(H,36,37)/t19-/m0/s1. The predicted octanol–water partition coefficient (Wildman–Crippen LogP) is -0.994. The van der Waals surface area contributed by atoms with Crippen LogP contribution in [0.2, 0.25) is 0 Å². The monoisotopic (exact) mass is 576 g/mol. The highest BCUT2D eigenvalue weighted by Crippen LogP contribution is 2.07. The molecule has 40 heavy (non-hydrogen) atoms. The first kappa shape index (κ1) is 32.1. The van der Waals surface area contributed by atoms with E-state index in [9.17, 15) is 29.1 Å². The molecule has 1 aromatic heterocycles. The Morgan fingerprint density at radius 3 is 2.20 bits per heavy atom. The molecule has 2 rings (SSSR count). The molecule has 0 saturated heterocycles. The highest BCUT2D eigenvalue weighted by Gasteiger charge is 2.20. The summed E-state index contributed by atoms with van der Waals surface area (Å²) in [5.41, 5.74) is 1.08. The highest BCUT2D eigenvalue weighted by molar-refractivity contribution is 7.98. The van der Waals surface area contributed by atoms with Gasteiger partial charge in [-0.2, -0.15) is 0 Å². The van der Waals surface area contributed by atoms with E-state index in [2.05, 4.69) is 31.2 Å². The van der Waals surface area contributed by atoms with E-state index in [-0.39, 0.29) is 51.8 Å². The van der Waals surface area contributed by atoms with E-state index >= 15 is 0 Å². The maximum absolute atomic E-state index is 12.0. The van der Waals surface area contributed by atoms with Gasteiger partial charge in [0.25, 0.3) is 5.91 Å². The van der Waals surface area contributed by atoms with Gasteiger partial charge in [-0.05, 0) is 11.8 Å². The quantitative estimate of drug-likeness (QED) is 0.0829. The van der Waals surface area contributed by atoms with Crippen LogP contribution in [0.25, 0.3) is 0 Å². The van der Waals surface area contributed by atoms with Gasteiger partial charge in [0.2, 0.25) is 17.7 Å². The number of benzene rings is 1. The number of carboxylic acid groups (broad SMARTS) is 1. The number of carbonyl (C=O) groups excluding carboxylic acids is 4. The van der Waals surface area contributed by atoms with Gasteiger partial charge in [0, 0.05) is 25.4 Å². The average molecular weight is 577 g/mol. The number of rotatable bonds is 18. The van der Waals surface area contributed by atoms with Gasteiger partial charge in [-0.25, -0.2) is 14.8 Å². The van der Waals surface area contributed by atoms with Crippen molar-refractivity contribution in [3.05, 3.63) is 53.9 Å². The van der Waals surface area contributed by atoms with Gasteiger partial charge < -0.3 is 35.8 Å². The first-order valence-corrected chi connectivity index (χ1v) is 13.4. The maximum atomic E-state index is 12.0. The van der Waals surface area contributed by atoms with Gasteiger partial charge in [-0.3, -0.25) is 19.2 Å². The summed E-state index contributed by atoms with van der Waals surface area (Å²) in [5.74, 6) is -3.37. The Bertz CT molecular complexity index is 1120. The summed E-state index contributed by atoms with van der Waals surface area (Å²) >= 11 is 1.37. The van der Waals surface area contributed by atoms with Crippen molar-refractivity contribution in [1.82, 2.24) is 31.2 Å². The minimum atomic E-state index is -1.20. The van der Waals surface area contributed by atoms with Crippen molar-refractivity contribution in [3.8, 4) is 0 Å². The smallest absolute Gasteiger partial charge is 0.326 e. The number of nitrogens with one attached hydrogen (secondary N) is 4. The lowest BCUT2D eigenvalue weighted by Crippen LogP contribution is -2.48. The van der Waals surface area contributed by atoms with E-state index in [1.807, 2.05) is 6.26 Å². The molecule has 0 radical (unpaired) electrons. The van der Waals surface area contributed by atoms with Gasteiger partial charge in [-0.15, -0.1) is 0 Å². The van der Waals surface area contributed by atoms with Crippen LogP contribution in [-0.2, 0) is 35.1 Å². The zero-order valence-electron chi connectivity index (χ0n) is 21.9. The van der Waals surface area contributed by atoms with Crippen molar-refractivity contribution in [2.75, 3.05) is 52.3 Å². The van der Waals surface area contributed by atoms with Crippen molar-refractivity contribution in [2.45, 2.75) is 17.6 Å². The number of hydrogen-bond acceptors (Lipinski definition) is 10. The van der Waals surface area contributed by atoms with Crippen molar-refractivity contribution in [2.24, 2.45) is 0 Å². The molecule has 15 heteroatoms. The number of ether oxygens (including phenoxy) is 2. The SMILES string of the molecule is CSc1ncc(C(=O)NCCOCCOCC(=O)NCC(=O)NCC(=O)N[C@@H](Cc2ccccc2)C(=O)O)cn1. The van der Waals surface area contributed by atoms with E-state index in [0.29, 0.717) is 10.7 Å². The number of thioether (sulfide) groups is 1. The Morgan fingerprint density at radius 1 is 0.875 bits per heavy atom. The molecule has 0 aliphatic rings. The minimum absolute atomic E-state index is 0.0941. The average Bonchev–Trinajstić information content (AvgIpc) is 2.96. The van der Waals surface area contributed by atoms with Gasteiger partial charge in [0.05, 0.1) is 38.5 Å². The summed E-state index contributed by atoms with van der Waals surface area (Å²) in [6.07, 6.45) is 4.82. The first-order valence-electron chi connectivity index (χ1n) is 12.2. The van der Waals surface area contributed by atoms with Crippen molar-refractivity contribution >= 4 is 41.4 Å². The third-order valence-corrected chi connectivity index (χ3v) is 5.59. The van der Waals surface area contributed by atoms with Crippen molar-refractivity contribution in [3.63, 3.8) is 0 Å². The van der Waals surface area contributed by atoms with E-state index in [4.69, 9.17) is 9.47 Å². The maximum Gasteiger partial charge on any atom is 0.326 e. The van der Waals surface area contributed by atoms with Gasteiger partial charge in [0.15, 0.2) is 5.16 Å². The summed E-state index contributed by atoms with van der Waals surface area (Å²) in [7, 11) is 0. The summed E-state index contributed by atoms with van der Waals surface area (Å²) < 4.78 is 10.5. The first-order chi connectivity index (χ1) is 19.3. The third kappa shape index (κ3) is 13.1. The van der Waals surface area contributed by atoms with Crippen LogP contribution in [0, 0.1) is 0 Å². The number of hydrogen-bond donors (Lipinski definition) is 5. The number of nitrogens with zero attached hydrogens (tertiary/aromatic N) is 2. The fourth-order valence-corrected chi connectivity index (χ4v) is 3.35. The fraction of sp³-hybridized carbons (Fsp3) is 0.400.